The van der Waals surface area contributed by atoms with Crippen LogP contribution in [-0.4, -0.2) is 43.2 Å². The Bertz CT molecular complexity index is 724. The molecule has 0 unspecified atom stereocenters. The third-order valence-corrected chi connectivity index (χ3v) is 6.22. The van der Waals surface area contributed by atoms with Gasteiger partial charge in [0, 0.05) is 0 Å². The molecule has 126 valence electrons. The third-order valence-electron chi connectivity index (χ3n) is 3.18. The molecule has 0 saturated heterocycles. The van der Waals surface area contributed by atoms with Gasteiger partial charge in [0.25, 0.3) is 0 Å². The zero-order valence-electron chi connectivity index (χ0n) is 12.9. The van der Waals surface area contributed by atoms with Gasteiger partial charge in [0.1, 0.15) is 0 Å². The van der Waals surface area contributed by atoms with Crippen LogP contribution in [0.1, 0.15) is 15.9 Å². The van der Waals surface area contributed by atoms with Crippen LogP contribution < -0.4 is 14.5 Å². The molecule has 0 aliphatic carbocycles. The molecule has 0 radical (unpaired) electrons. The Morgan fingerprint density at radius 3 is 2.54 bits per heavy atom. The molecule has 0 aromatic heterocycles. The topological polar surface area (TPSA) is 75.6 Å². The summed E-state index contributed by atoms with van der Waals surface area (Å²) < 4.78 is 5.03. The number of hydrogen-bond acceptors (Lipinski definition) is 4. The first-order valence-electron chi connectivity index (χ1n) is 7.09. The first kappa shape index (κ1) is 18.4. The summed E-state index contributed by atoms with van der Waals surface area (Å²) >= 11 is 3.53. The number of ether oxygens (including phenoxy) is 1. The predicted octanol–water partition coefficient (Wildman–Crippen LogP) is 1.30. The Morgan fingerprint density at radius 2 is 1.92 bits per heavy atom. The molecule has 2 aromatic rings. The fraction of sp³-hybridized carbons (Fsp3) is 0.176. The second kappa shape index (κ2) is 8.78. The van der Waals surface area contributed by atoms with Gasteiger partial charge in [-0.25, -0.2) is 0 Å². The maximum atomic E-state index is 12.5. The molecule has 0 aliphatic rings. The Balaban J connectivity index is 2.21. The average molecular weight is 410 g/mol. The van der Waals surface area contributed by atoms with E-state index in [2.05, 4.69) is 17.9 Å². The number of carbonyl (C=O) groups excluding carboxylic acids is 1. The van der Waals surface area contributed by atoms with Crippen LogP contribution in [0, 0.1) is 0 Å². The minimum atomic E-state index is -1.01. The van der Waals surface area contributed by atoms with Gasteiger partial charge in [-0.1, -0.05) is 0 Å². The minimum absolute atomic E-state index is 0.263. The first-order valence-corrected chi connectivity index (χ1v) is 9.45. The molecule has 24 heavy (non-hydrogen) atoms. The van der Waals surface area contributed by atoms with Crippen molar-refractivity contribution in [2.24, 2.45) is 0 Å². The molecule has 7 heteroatoms. The third kappa shape index (κ3) is 4.77. The predicted molar refractivity (Wildman–Crippen MR) is 96.4 cm³/mol. The van der Waals surface area contributed by atoms with Gasteiger partial charge in [-0.3, -0.25) is 0 Å². The van der Waals surface area contributed by atoms with E-state index in [1.165, 1.54) is 7.11 Å². The summed E-state index contributed by atoms with van der Waals surface area (Å²) in [5.74, 6) is -0.775. The second-order valence-electron chi connectivity index (χ2n) is 4.81. The van der Waals surface area contributed by atoms with Crippen LogP contribution in [0.2, 0.25) is 0 Å². The molecular formula is C17H17NO4SSe. The van der Waals surface area contributed by atoms with Crippen molar-refractivity contribution in [3.05, 3.63) is 59.7 Å². The SMILES string of the molecule is COc1cccc(C(=O)NCc2ccccc2)c1[Se][C@H](S)C(=O)O. The Morgan fingerprint density at radius 1 is 1.21 bits per heavy atom. The van der Waals surface area contributed by atoms with Crippen molar-refractivity contribution in [2.75, 3.05) is 7.11 Å². The number of aliphatic carboxylic acids is 1. The molecule has 0 aliphatic heterocycles. The fourth-order valence-corrected chi connectivity index (χ4v) is 4.40. The number of hydrogen-bond donors (Lipinski definition) is 3. The number of rotatable bonds is 7. The summed E-state index contributed by atoms with van der Waals surface area (Å²) in [4.78, 5) is 23.6. The average Bonchev–Trinajstić information content (AvgIpc) is 2.60. The maximum absolute atomic E-state index is 12.5. The molecule has 0 saturated carbocycles. The van der Waals surface area contributed by atoms with Crippen LogP contribution in [0.5, 0.6) is 5.75 Å². The molecule has 2 aromatic carbocycles. The Labute approximate surface area is 152 Å². The van der Waals surface area contributed by atoms with Crippen LogP contribution in [-0.2, 0) is 11.3 Å². The molecule has 5 nitrogen and oxygen atoms in total. The van der Waals surface area contributed by atoms with Crippen molar-refractivity contribution < 1.29 is 19.4 Å². The molecule has 2 rings (SSSR count). The standard InChI is InChI=1S/C17H17NO4SSe/c1-22-13-9-5-8-12(14(13)24-17(23)16(20)21)15(19)18-10-11-6-3-2-4-7-11/h2-9,17,23H,10H2,1H3,(H,18,19)(H,20,21)/t17-/m0/s1. The number of carboxylic acid groups (broad SMARTS) is 1. The van der Waals surface area contributed by atoms with Crippen molar-refractivity contribution >= 4 is 43.9 Å². The number of methoxy groups -OCH3 is 1. The van der Waals surface area contributed by atoms with Crippen molar-refractivity contribution in [2.45, 2.75) is 10.7 Å². The summed E-state index contributed by atoms with van der Waals surface area (Å²) in [5.41, 5.74) is 1.41. The van der Waals surface area contributed by atoms with Gasteiger partial charge in [0.05, 0.1) is 0 Å². The summed E-state index contributed by atoms with van der Waals surface area (Å²) in [7, 11) is 1.49. The number of carboxylic acids is 1. The van der Waals surface area contributed by atoms with E-state index in [-0.39, 0.29) is 5.91 Å². The molecule has 0 fully saturated rings. The van der Waals surface area contributed by atoms with E-state index in [1.54, 1.807) is 18.2 Å². The second-order valence-corrected chi connectivity index (χ2v) is 8.46. The van der Waals surface area contributed by atoms with Crippen molar-refractivity contribution in [3.63, 3.8) is 0 Å². The van der Waals surface area contributed by atoms with E-state index in [4.69, 9.17) is 9.84 Å². The summed E-state index contributed by atoms with van der Waals surface area (Å²) in [6.07, 6.45) is 0. The van der Waals surface area contributed by atoms with E-state index in [9.17, 15) is 9.59 Å². The van der Waals surface area contributed by atoms with Crippen LogP contribution in [0.4, 0.5) is 0 Å². The summed E-state index contributed by atoms with van der Waals surface area (Å²) in [6, 6.07) is 14.7. The zero-order chi connectivity index (χ0) is 17.5. The molecule has 0 bridgehead atoms. The van der Waals surface area contributed by atoms with Crippen LogP contribution >= 0.6 is 12.6 Å². The normalized spacial score (nSPS) is 11.6. The van der Waals surface area contributed by atoms with E-state index in [0.717, 1.165) is 5.56 Å². The summed E-state index contributed by atoms with van der Waals surface area (Å²) in [6.45, 7) is 0.395. The Hall–Kier alpha value is -1.95. The van der Waals surface area contributed by atoms with Crippen LogP contribution in [0.15, 0.2) is 48.5 Å². The van der Waals surface area contributed by atoms with Crippen molar-refractivity contribution in [3.8, 4) is 5.75 Å². The molecule has 1 atom stereocenters. The van der Waals surface area contributed by atoms with Gasteiger partial charge in [-0.15, -0.1) is 0 Å². The monoisotopic (exact) mass is 411 g/mol. The van der Waals surface area contributed by atoms with Crippen LogP contribution in [0.3, 0.4) is 0 Å². The molecule has 2 N–H and O–H groups in total. The van der Waals surface area contributed by atoms with Gasteiger partial charge in [0.2, 0.25) is 0 Å². The van der Waals surface area contributed by atoms with Crippen molar-refractivity contribution in [1.82, 2.24) is 5.32 Å². The van der Waals surface area contributed by atoms with Gasteiger partial charge < -0.3 is 0 Å². The number of nitrogens with one attached hydrogen (secondary N) is 1. The molecule has 0 spiro atoms. The molecule has 0 heterocycles. The van der Waals surface area contributed by atoms with E-state index >= 15 is 0 Å². The number of carbonyl (C=O) groups is 2. The summed E-state index contributed by atoms with van der Waals surface area (Å²) in [5, 5.41) is 11.9. The fourth-order valence-electron chi connectivity index (χ4n) is 2.01. The van der Waals surface area contributed by atoms with E-state index < -0.39 is 25.1 Å². The zero-order valence-corrected chi connectivity index (χ0v) is 15.5. The Kier molecular flexibility index (Phi) is 6.72. The van der Waals surface area contributed by atoms with Crippen molar-refractivity contribution in [1.29, 1.82) is 0 Å². The van der Waals surface area contributed by atoms with E-state index in [1.807, 2.05) is 30.3 Å². The number of thiol groups is 1. The first-order chi connectivity index (χ1) is 11.5. The molecule has 1 amide bonds. The van der Waals surface area contributed by atoms with E-state index in [0.29, 0.717) is 22.3 Å². The number of benzene rings is 2. The quantitative estimate of drug-likeness (QED) is 0.475. The van der Waals surface area contributed by atoms with Gasteiger partial charge in [0.15, 0.2) is 0 Å². The molecular weight excluding hydrogens is 393 g/mol. The van der Waals surface area contributed by atoms with Gasteiger partial charge in [-0.05, 0) is 0 Å². The number of amides is 1. The van der Waals surface area contributed by atoms with Gasteiger partial charge >= 0.3 is 152 Å². The van der Waals surface area contributed by atoms with Crippen LogP contribution in [0.25, 0.3) is 0 Å². The van der Waals surface area contributed by atoms with Gasteiger partial charge in [-0.2, -0.15) is 0 Å².